The standard InChI is InChI=1S/C13H8F2N6O/c14-8-2-1-3-9(15)12(8)13(22)20-10-4-11(18-6-17-10)21-7-16-5-19-21/h1-7H,(H,17,18,20,22). The van der Waals surface area contributed by atoms with Crippen LogP contribution in [0.25, 0.3) is 5.82 Å². The Balaban J connectivity index is 1.87. The molecule has 110 valence electrons. The summed E-state index contributed by atoms with van der Waals surface area (Å²) < 4.78 is 28.4. The van der Waals surface area contributed by atoms with Gasteiger partial charge >= 0.3 is 0 Å². The molecular formula is C13H8F2N6O. The Morgan fingerprint density at radius 3 is 2.59 bits per heavy atom. The molecule has 22 heavy (non-hydrogen) atoms. The van der Waals surface area contributed by atoms with E-state index in [1.165, 1.54) is 35.8 Å². The average Bonchev–Trinajstić information content (AvgIpc) is 3.01. The molecule has 0 spiro atoms. The van der Waals surface area contributed by atoms with Gasteiger partial charge in [-0.25, -0.2) is 28.4 Å². The molecule has 0 aliphatic heterocycles. The van der Waals surface area contributed by atoms with Gasteiger partial charge in [-0.15, -0.1) is 0 Å². The fourth-order valence-corrected chi connectivity index (χ4v) is 1.76. The minimum Gasteiger partial charge on any atom is -0.306 e. The van der Waals surface area contributed by atoms with Crippen molar-refractivity contribution in [1.82, 2.24) is 24.7 Å². The number of halogens is 2. The highest BCUT2D eigenvalue weighted by Crippen LogP contribution is 2.15. The van der Waals surface area contributed by atoms with Gasteiger partial charge in [0.15, 0.2) is 5.82 Å². The second-order valence-corrected chi connectivity index (χ2v) is 4.15. The highest BCUT2D eigenvalue weighted by molar-refractivity contribution is 6.04. The molecule has 3 aromatic rings. The number of nitrogens with one attached hydrogen (secondary N) is 1. The van der Waals surface area contributed by atoms with Crippen molar-refractivity contribution in [2.24, 2.45) is 0 Å². The maximum Gasteiger partial charge on any atom is 0.262 e. The number of rotatable bonds is 3. The molecule has 7 nitrogen and oxygen atoms in total. The lowest BCUT2D eigenvalue weighted by Gasteiger charge is -2.07. The van der Waals surface area contributed by atoms with Gasteiger partial charge in [0.25, 0.3) is 5.91 Å². The number of anilines is 1. The molecule has 1 N–H and O–H groups in total. The smallest absolute Gasteiger partial charge is 0.262 e. The predicted octanol–water partition coefficient (Wildman–Crippen LogP) is 1.59. The van der Waals surface area contributed by atoms with Crippen molar-refractivity contribution >= 4 is 11.7 Å². The molecule has 0 unspecified atom stereocenters. The monoisotopic (exact) mass is 302 g/mol. The minimum atomic E-state index is -0.956. The third kappa shape index (κ3) is 2.64. The van der Waals surface area contributed by atoms with Crippen LogP contribution in [0.4, 0.5) is 14.6 Å². The fourth-order valence-electron chi connectivity index (χ4n) is 1.76. The van der Waals surface area contributed by atoms with E-state index in [-0.39, 0.29) is 5.82 Å². The Hall–Kier alpha value is -3.23. The van der Waals surface area contributed by atoms with Crippen LogP contribution >= 0.6 is 0 Å². The molecule has 0 atom stereocenters. The summed E-state index contributed by atoms with van der Waals surface area (Å²) in [5.41, 5.74) is -0.677. The normalized spacial score (nSPS) is 10.5. The van der Waals surface area contributed by atoms with Crippen LogP contribution in [0, 0.1) is 11.6 Å². The van der Waals surface area contributed by atoms with Gasteiger partial charge in [0.1, 0.15) is 42.0 Å². The zero-order chi connectivity index (χ0) is 15.5. The van der Waals surface area contributed by atoms with Crippen molar-refractivity contribution in [3.63, 3.8) is 0 Å². The Morgan fingerprint density at radius 2 is 1.91 bits per heavy atom. The van der Waals surface area contributed by atoms with Crippen LogP contribution in [0.3, 0.4) is 0 Å². The molecule has 0 fully saturated rings. The van der Waals surface area contributed by atoms with Crippen LogP contribution in [0.1, 0.15) is 10.4 Å². The molecule has 2 heterocycles. The predicted molar refractivity (Wildman–Crippen MR) is 71.3 cm³/mol. The van der Waals surface area contributed by atoms with Crippen molar-refractivity contribution in [3.05, 3.63) is 60.4 Å². The minimum absolute atomic E-state index is 0.0770. The van der Waals surface area contributed by atoms with E-state index in [1.54, 1.807) is 0 Å². The van der Waals surface area contributed by atoms with E-state index in [2.05, 4.69) is 25.4 Å². The molecule has 2 aromatic heterocycles. The highest BCUT2D eigenvalue weighted by Gasteiger charge is 2.17. The third-order valence-corrected chi connectivity index (χ3v) is 2.74. The molecule has 0 bridgehead atoms. The molecule has 0 radical (unpaired) electrons. The van der Waals surface area contributed by atoms with E-state index in [1.807, 2.05) is 0 Å². The van der Waals surface area contributed by atoms with Crippen LogP contribution in [0.5, 0.6) is 0 Å². The van der Waals surface area contributed by atoms with Crippen molar-refractivity contribution < 1.29 is 13.6 Å². The molecule has 0 aliphatic rings. The highest BCUT2D eigenvalue weighted by atomic mass is 19.1. The zero-order valence-corrected chi connectivity index (χ0v) is 10.9. The van der Waals surface area contributed by atoms with Crippen LogP contribution in [0.15, 0.2) is 43.2 Å². The van der Waals surface area contributed by atoms with Gasteiger partial charge in [0.05, 0.1) is 0 Å². The number of hydrogen-bond donors (Lipinski definition) is 1. The van der Waals surface area contributed by atoms with Crippen molar-refractivity contribution in [2.75, 3.05) is 5.32 Å². The van der Waals surface area contributed by atoms with Crippen molar-refractivity contribution in [3.8, 4) is 5.82 Å². The van der Waals surface area contributed by atoms with E-state index in [9.17, 15) is 13.6 Å². The molecule has 0 saturated heterocycles. The first kappa shape index (κ1) is 13.7. The summed E-state index contributed by atoms with van der Waals surface area (Å²) in [5, 5.41) is 6.19. The third-order valence-electron chi connectivity index (χ3n) is 2.74. The summed E-state index contributed by atoms with van der Waals surface area (Å²) in [6.45, 7) is 0. The van der Waals surface area contributed by atoms with E-state index >= 15 is 0 Å². The molecule has 1 amide bonds. The first-order chi connectivity index (χ1) is 10.6. The quantitative estimate of drug-likeness (QED) is 0.794. The average molecular weight is 302 g/mol. The molecule has 0 saturated carbocycles. The largest absolute Gasteiger partial charge is 0.306 e. The van der Waals surface area contributed by atoms with Crippen LogP contribution in [0.2, 0.25) is 0 Å². The summed E-state index contributed by atoms with van der Waals surface area (Å²) in [7, 11) is 0. The zero-order valence-electron chi connectivity index (χ0n) is 10.9. The van der Waals surface area contributed by atoms with Crippen LogP contribution in [-0.4, -0.2) is 30.6 Å². The second kappa shape index (κ2) is 5.64. The van der Waals surface area contributed by atoms with Crippen molar-refractivity contribution in [1.29, 1.82) is 0 Å². The SMILES string of the molecule is O=C(Nc1cc(-n2cncn2)ncn1)c1c(F)cccc1F. The Morgan fingerprint density at radius 1 is 1.14 bits per heavy atom. The van der Waals surface area contributed by atoms with Gasteiger partial charge in [-0.2, -0.15) is 5.10 Å². The number of carbonyl (C=O) groups is 1. The molecule has 3 rings (SSSR count). The van der Waals surface area contributed by atoms with Gasteiger partial charge in [0, 0.05) is 6.07 Å². The van der Waals surface area contributed by atoms with E-state index in [0.717, 1.165) is 12.1 Å². The molecule has 1 aromatic carbocycles. The van der Waals surface area contributed by atoms with Crippen molar-refractivity contribution in [2.45, 2.75) is 0 Å². The number of nitrogens with zero attached hydrogens (tertiary/aromatic N) is 5. The molecular weight excluding hydrogens is 294 g/mol. The van der Waals surface area contributed by atoms with Gasteiger partial charge in [0.2, 0.25) is 0 Å². The molecule has 9 heteroatoms. The fraction of sp³-hybridized carbons (Fsp3) is 0. The Bertz CT molecular complexity index is 801. The maximum atomic E-state index is 13.6. The topological polar surface area (TPSA) is 85.6 Å². The van der Waals surface area contributed by atoms with Gasteiger partial charge in [-0.05, 0) is 12.1 Å². The van der Waals surface area contributed by atoms with Crippen LogP contribution in [-0.2, 0) is 0 Å². The Kier molecular flexibility index (Phi) is 3.52. The lowest BCUT2D eigenvalue weighted by Crippen LogP contribution is -2.17. The molecule has 0 aliphatic carbocycles. The first-order valence-corrected chi connectivity index (χ1v) is 6.07. The summed E-state index contributed by atoms with van der Waals surface area (Å²) in [5.74, 6) is -2.44. The van der Waals surface area contributed by atoms with E-state index < -0.39 is 23.1 Å². The summed E-state index contributed by atoms with van der Waals surface area (Å²) in [4.78, 5) is 23.5. The lowest BCUT2D eigenvalue weighted by molar-refractivity contribution is 0.101. The van der Waals surface area contributed by atoms with Gasteiger partial charge in [-0.1, -0.05) is 6.07 Å². The van der Waals surface area contributed by atoms with Crippen LogP contribution < -0.4 is 5.32 Å². The summed E-state index contributed by atoms with van der Waals surface area (Å²) in [6.07, 6.45) is 3.91. The number of amides is 1. The van der Waals surface area contributed by atoms with E-state index in [0.29, 0.717) is 5.82 Å². The second-order valence-electron chi connectivity index (χ2n) is 4.15. The first-order valence-electron chi connectivity index (χ1n) is 6.07. The number of aromatic nitrogens is 5. The number of hydrogen-bond acceptors (Lipinski definition) is 5. The summed E-state index contributed by atoms with van der Waals surface area (Å²) in [6, 6.07) is 4.57. The lowest BCUT2D eigenvalue weighted by atomic mass is 10.2. The van der Waals surface area contributed by atoms with Gasteiger partial charge in [-0.3, -0.25) is 4.79 Å². The summed E-state index contributed by atoms with van der Waals surface area (Å²) >= 11 is 0. The van der Waals surface area contributed by atoms with Gasteiger partial charge < -0.3 is 5.32 Å². The van der Waals surface area contributed by atoms with E-state index in [4.69, 9.17) is 0 Å². The maximum absolute atomic E-state index is 13.6. The Labute approximate surface area is 122 Å². The number of carbonyl (C=O) groups excluding carboxylic acids is 1. The number of benzene rings is 1.